The van der Waals surface area contributed by atoms with Gasteiger partial charge in [-0.1, -0.05) is 26.0 Å². The zero-order chi connectivity index (χ0) is 23.6. The van der Waals surface area contributed by atoms with E-state index in [9.17, 15) is 4.79 Å². The first-order chi connectivity index (χ1) is 16.0. The smallest absolute Gasteiger partial charge is 0.258 e. The van der Waals surface area contributed by atoms with Crippen molar-refractivity contribution < 1.29 is 14.3 Å². The third-order valence-electron chi connectivity index (χ3n) is 5.40. The molecule has 3 rings (SSSR count). The molecule has 2 N–H and O–H groups in total. The van der Waals surface area contributed by atoms with Gasteiger partial charge in [0, 0.05) is 23.6 Å². The van der Waals surface area contributed by atoms with E-state index in [1.54, 1.807) is 37.7 Å². The molecule has 0 saturated carbocycles. The van der Waals surface area contributed by atoms with Gasteiger partial charge in [-0.05, 0) is 65.9 Å². The largest absolute Gasteiger partial charge is 0.493 e. The molecule has 2 aromatic carbocycles. The van der Waals surface area contributed by atoms with Crippen molar-refractivity contribution in [2.45, 2.75) is 32.7 Å². The summed E-state index contributed by atoms with van der Waals surface area (Å²) in [4.78, 5) is 21.6. The number of hydrogen-bond donors (Lipinski definition) is 2. The highest BCUT2D eigenvalue weighted by molar-refractivity contribution is 6.10. The van der Waals surface area contributed by atoms with Crippen molar-refractivity contribution >= 4 is 17.6 Å². The summed E-state index contributed by atoms with van der Waals surface area (Å²) in [6.45, 7) is 4.76. The van der Waals surface area contributed by atoms with Crippen LogP contribution in [0.15, 0.2) is 72.0 Å². The average Bonchev–Trinajstić information content (AvgIpc) is 2.87. The van der Waals surface area contributed by atoms with E-state index in [1.807, 2.05) is 24.3 Å². The van der Waals surface area contributed by atoms with Gasteiger partial charge in [-0.25, -0.2) is 4.99 Å². The molecule has 172 valence electrons. The van der Waals surface area contributed by atoms with E-state index in [2.05, 4.69) is 46.6 Å². The summed E-state index contributed by atoms with van der Waals surface area (Å²) in [5.74, 6) is 1.56. The lowest BCUT2D eigenvalue weighted by molar-refractivity contribution is 0.0976. The maximum absolute atomic E-state index is 13.0. The first-order valence-corrected chi connectivity index (χ1v) is 10.9. The topological polar surface area (TPSA) is 84.8 Å². The summed E-state index contributed by atoms with van der Waals surface area (Å²) in [7, 11) is 3.09. The molecule has 0 fully saturated rings. The molecule has 1 amide bonds. The van der Waals surface area contributed by atoms with E-state index < -0.39 is 0 Å². The molecule has 0 saturated heterocycles. The Hall–Kier alpha value is -3.87. The number of pyridine rings is 1. The second kappa shape index (κ2) is 11.7. The van der Waals surface area contributed by atoms with Gasteiger partial charge in [0.15, 0.2) is 11.5 Å². The Balaban J connectivity index is 1.81. The Bertz CT molecular complexity index is 1080. The van der Waals surface area contributed by atoms with Crippen LogP contribution in [0.4, 0.5) is 5.69 Å². The summed E-state index contributed by atoms with van der Waals surface area (Å²) in [5, 5.41) is 6.11. The Labute approximate surface area is 194 Å². The number of aliphatic imine (C=N–C) groups is 1. The SMILES string of the molecule is CC[C@H](C)c1ccc(NC(=NCc2ccncc2)NC(=O)c2ccc(OC)c(OC)c2)cc1. The molecular weight excluding hydrogens is 416 g/mol. The molecular formula is C26H30N4O3. The molecule has 0 unspecified atom stereocenters. The van der Waals surface area contributed by atoms with E-state index >= 15 is 0 Å². The van der Waals surface area contributed by atoms with Crippen molar-refractivity contribution in [3.05, 3.63) is 83.7 Å². The number of benzene rings is 2. The van der Waals surface area contributed by atoms with Crippen LogP contribution in [-0.4, -0.2) is 31.1 Å². The minimum Gasteiger partial charge on any atom is -0.493 e. The molecule has 0 aliphatic heterocycles. The fourth-order valence-corrected chi connectivity index (χ4v) is 3.19. The predicted molar refractivity (Wildman–Crippen MR) is 131 cm³/mol. The maximum Gasteiger partial charge on any atom is 0.258 e. The second-order valence-corrected chi connectivity index (χ2v) is 7.60. The first kappa shape index (κ1) is 23.8. The number of hydrogen-bond acceptors (Lipinski definition) is 5. The van der Waals surface area contributed by atoms with Crippen molar-refractivity contribution in [2.75, 3.05) is 19.5 Å². The van der Waals surface area contributed by atoms with Crippen LogP contribution in [0.2, 0.25) is 0 Å². The Morgan fingerprint density at radius 3 is 2.33 bits per heavy atom. The lowest BCUT2D eigenvalue weighted by Gasteiger charge is -2.14. The number of carbonyl (C=O) groups is 1. The number of rotatable bonds is 8. The van der Waals surface area contributed by atoms with Crippen LogP contribution >= 0.6 is 0 Å². The van der Waals surface area contributed by atoms with Gasteiger partial charge < -0.3 is 14.8 Å². The third-order valence-corrected chi connectivity index (χ3v) is 5.40. The monoisotopic (exact) mass is 446 g/mol. The number of amides is 1. The lowest BCUT2D eigenvalue weighted by atomic mass is 9.99. The minimum absolute atomic E-state index is 0.312. The molecule has 3 aromatic rings. The quantitative estimate of drug-likeness (QED) is 0.375. The fraction of sp³-hybridized carbons (Fsp3) is 0.269. The van der Waals surface area contributed by atoms with Crippen LogP contribution in [0.25, 0.3) is 0 Å². The molecule has 0 aliphatic carbocycles. The molecule has 1 aromatic heterocycles. The van der Waals surface area contributed by atoms with Crippen LogP contribution in [0.3, 0.4) is 0 Å². The molecule has 7 heteroatoms. The Morgan fingerprint density at radius 2 is 1.70 bits per heavy atom. The number of aromatic nitrogens is 1. The first-order valence-electron chi connectivity index (χ1n) is 10.9. The van der Waals surface area contributed by atoms with Crippen molar-refractivity contribution in [3.63, 3.8) is 0 Å². The number of methoxy groups -OCH3 is 2. The van der Waals surface area contributed by atoms with E-state index in [1.165, 1.54) is 12.7 Å². The predicted octanol–water partition coefficient (Wildman–Crippen LogP) is 5.01. The van der Waals surface area contributed by atoms with Gasteiger partial charge >= 0.3 is 0 Å². The van der Waals surface area contributed by atoms with Crippen molar-refractivity contribution in [1.29, 1.82) is 0 Å². The van der Waals surface area contributed by atoms with Crippen LogP contribution in [0.1, 0.15) is 47.7 Å². The zero-order valence-corrected chi connectivity index (χ0v) is 19.5. The molecule has 0 bridgehead atoms. The normalized spacial score (nSPS) is 12.1. The number of nitrogens with one attached hydrogen (secondary N) is 2. The zero-order valence-electron chi connectivity index (χ0n) is 19.5. The van der Waals surface area contributed by atoms with Gasteiger partial charge in [-0.15, -0.1) is 0 Å². The van der Waals surface area contributed by atoms with Crippen molar-refractivity contribution in [1.82, 2.24) is 10.3 Å². The highest BCUT2D eigenvalue weighted by atomic mass is 16.5. The lowest BCUT2D eigenvalue weighted by Crippen LogP contribution is -2.36. The van der Waals surface area contributed by atoms with E-state index in [4.69, 9.17) is 9.47 Å². The summed E-state index contributed by atoms with van der Waals surface area (Å²) in [6.07, 6.45) is 4.51. The Morgan fingerprint density at radius 1 is 1.00 bits per heavy atom. The fourth-order valence-electron chi connectivity index (χ4n) is 3.19. The van der Waals surface area contributed by atoms with Gasteiger partial charge in [-0.2, -0.15) is 0 Å². The van der Waals surface area contributed by atoms with Crippen LogP contribution in [-0.2, 0) is 6.54 Å². The number of guanidine groups is 1. The standard InChI is InChI=1S/C26H30N4O3/c1-5-18(2)20-6-9-22(10-7-20)29-26(28-17-19-12-14-27-15-13-19)30-25(31)21-8-11-23(32-3)24(16-21)33-4/h6-16,18H,5,17H2,1-4H3,(H2,28,29,30,31)/t18-/m0/s1. The highest BCUT2D eigenvalue weighted by Crippen LogP contribution is 2.27. The van der Waals surface area contributed by atoms with Gasteiger partial charge in [-0.3, -0.25) is 15.1 Å². The van der Waals surface area contributed by atoms with E-state index in [0.717, 1.165) is 17.7 Å². The van der Waals surface area contributed by atoms with Gasteiger partial charge in [0.2, 0.25) is 5.96 Å². The van der Waals surface area contributed by atoms with Crippen LogP contribution in [0.5, 0.6) is 11.5 Å². The molecule has 7 nitrogen and oxygen atoms in total. The third kappa shape index (κ3) is 6.55. The Kier molecular flexibility index (Phi) is 8.41. The summed E-state index contributed by atoms with van der Waals surface area (Å²) < 4.78 is 10.6. The van der Waals surface area contributed by atoms with Crippen molar-refractivity contribution in [2.24, 2.45) is 4.99 Å². The van der Waals surface area contributed by atoms with E-state index in [-0.39, 0.29) is 5.91 Å². The molecule has 0 radical (unpaired) electrons. The van der Waals surface area contributed by atoms with E-state index in [0.29, 0.717) is 35.5 Å². The molecule has 1 atom stereocenters. The molecule has 1 heterocycles. The minimum atomic E-state index is -0.312. The molecule has 0 aliphatic rings. The molecule has 0 spiro atoms. The van der Waals surface area contributed by atoms with Gasteiger partial charge in [0.05, 0.1) is 20.8 Å². The second-order valence-electron chi connectivity index (χ2n) is 7.60. The van der Waals surface area contributed by atoms with Gasteiger partial charge in [0.25, 0.3) is 5.91 Å². The van der Waals surface area contributed by atoms with Gasteiger partial charge in [0.1, 0.15) is 0 Å². The number of carbonyl (C=O) groups excluding carboxylic acids is 1. The summed E-state index contributed by atoms with van der Waals surface area (Å²) in [6, 6.07) is 16.9. The van der Waals surface area contributed by atoms with Crippen LogP contribution < -0.4 is 20.1 Å². The molecule has 33 heavy (non-hydrogen) atoms. The van der Waals surface area contributed by atoms with Crippen LogP contribution in [0, 0.1) is 0 Å². The summed E-state index contributed by atoms with van der Waals surface area (Å²) in [5.41, 5.74) is 3.52. The number of ether oxygens (including phenoxy) is 2. The average molecular weight is 447 g/mol. The van der Waals surface area contributed by atoms with Crippen molar-refractivity contribution in [3.8, 4) is 11.5 Å². The highest BCUT2D eigenvalue weighted by Gasteiger charge is 2.13. The number of anilines is 1. The summed E-state index contributed by atoms with van der Waals surface area (Å²) >= 11 is 0. The number of nitrogens with zero attached hydrogens (tertiary/aromatic N) is 2. The maximum atomic E-state index is 13.0.